The molecule has 1 saturated carbocycles. The molecular formula is C23H29ClN4O3S. The predicted molar refractivity (Wildman–Crippen MR) is 127 cm³/mol. The van der Waals surface area contributed by atoms with Crippen molar-refractivity contribution >= 4 is 41.1 Å². The average Bonchev–Trinajstić information content (AvgIpc) is 3.43. The number of anilines is 1. The molecule has 9 heteroatoms. The second-order valence-corrected chi connectivity index (χ2v) is 11.1. The zero-order valence-electron chi connectivity index (χ0n) is 18.6. The third-order valence-corrected chi connectivity index (χ3v) is 7.21. The van der Waals surface area contributed by atoms with Crippen LogP contribution in [0.15, 0.2) is 29.3 Å². The van der Waals surface area contributed by atoms with Crippen molar-refractivity contribution in [3.05, 3.63) is 40.7 Å². The Morgan fingerprint density at radius 1 is 1.28 bits per heavy atom. The van der Waals surface area contributed by atoms with Crippen LogP contribution < -0.4 is 10.6 Å². The number of aryl methyl sites for hydroxylation is 1. The first-order valence-corrected chi connectivity index (χ1v) is 12.2. The van der Waals surface area contributed by atoms with Gasteiger partial charge in [0.25, 0.3) is 5.91 Å². The zero-order chi connectivity index (χ0) is 22.9. The normalized spacial score (nSPS) is 18.1. The van der Waals surface area contributed by atoms with E-state index >= 15 is 0 Å². The molecule has 0 bridgehead atoms. The summed E-state index contributed by atoms with van der Waals surface area (Å²) in [6.07, 6.45) is 5.21. The highest BCUT2D eigenvalue weighted by Crippen LogP contribution is 2.42. The van der Waals surface area contributed by atoms with E-state index in [0.717, 1.165) is 17.0 Å². The molecule has 0 saturated heterocycles. The summed E-state index contributed by atoms with van der Waals surface area (Å²) in [4.78, 5) is 26.0. The maximum atomic E-state index is 13.0. The minimum absolute atomic E-state index is 0.203. The molecule has 1 fully saturated rings. The number of hydrogen-bond donors (Lipinski definition) is 2. The van der Waals surface area contributed by atoms with Gasteiger partial charge in [-0.15, -0.1) is 11.8 Å². The maximum absolute atomic E-state index is 13.0. The van der Waals surface area contributed by atoms with Gasteiger partial charge < -0.3 is 15.4 Å². The van der Waals surface area contributed by atoms with Gasteiger partial charge in [-0.05, 0) is 70.6 Å². The van der Waals surface area contributed by atoms with Crippen molar-refractivity contribution in [2.24, 2.45) is 5.92 Å². The molecule has 1 aromatic carbocycles. The second kappa shape index (κ2) is 9.35. The molecule has 2 N–H and O–H groups in total. The molecule has 1 aliphatic carbocycles. The van der Waals surface area contributed by atoms with Crippen molar-refractivity contribution in [3.63, 3.8) is 0 Å². The Morgan fingerprint density at radius 3 is 2.75 bits per heavy atom. The highest BCUT2D eigenvalue weighted by atomic mass is 35.5. The van der Waals surface area contributed by atoms with Crippen LogP contribution in [0.4, 0.5) is 10.5 Å². The summed E-state index contributed by atoms with van der Waals surface area (Å²) in [6, 6.07) is 5.65. The fourth-order valence-electron chi connectivity index (χ4n) is 3.64. The Morgan fingerprint density at radius 2 is 2.06 bits per heavy atom. The van der Waals surface area contributed by atoms with Gasteiger partial charge in [0.05, 0.1) is 22.5 Å². The van der Waals surface area contributed by atoms with Gasteiger partial charge in [0.1, 0.15) is 5.60 Å². The summed E-state index contributed by atoms with van der Waals surface area (Å²) >= 11 is 8.20. The van der Waals surface area contributed by atoms with Crippen LogP contribution in [0.5, 0.6) is 0 Å². The number of thioether (sulfide) groups is 1. The minimum Gasteiger partial charge on any atom is -0.444 e. The van der Waals surface area contributed by atoms with Crippen molar-refractivity contribution in [2.75, 3.05) is 11.9 Å². The number of fused-ring (bicyclic) bond motifs is 1. The number of rotatable bonds is 6. The summed E-state index contributed by atoms with van der Waals surface area (Å²) < 4.78 is 7.19. The van der Waals surface area contributed by atoms with Crippen LogP contribution in [0.2, 0.25) is 5.02 Å². The van der Waals surface area contributed by atoms with Crippen LogP contribution in [-0.2, 0) is 17.7 Å². The van der Waals surface area contributed by atoms with E-state index in [9.17, 15) is 9.59 Å². The smallest absolute Gasteiger partial charge is 0.407 e. The monoisotopic (exact) mass is 476 g/mol. The van der Waals surface area contributed by atoms with E-state index in [-0.39, 0.29) is 11.8 Å². The first-order chi connectivity index (χ1) is 15.2. The van der Waals surface area contributed by atoms with Gasteiger partial charge in [-0.3, -0.25) is 9.48 Å². The number of benzene rings is 1. The van der Waals surface area contributed by atoms with Crippen molar-refractivity contribution in [1.29, 1.82) is 0 Å². The first-order valence-electron chi connectivity index (χ1n) is 11.0. The summed E-state index contributed by atoms with van der Waals surface area (Å²) in [7, 11) is 0. The van der Waals surface area contributed by atoms with Crippen molar-refractivity contribution in [1.82, 2.24) is 15.1 Å². The lowest BCUT2D eigenvalue weighted by molar-refractivity contribution is 0.0516. The molecule has 2 aromatic rings. The van der Waals surface area contributed by atoms with E-state index in [0.29, 0.717) is 41.0 Å². The standard InChI is InChI=1S/C23H29ClN4O3S/c1-23(2,3)31-22(30)25-12-14-8-9-28-19(10-14)17(13-26-28)21(29)27-15-4-7-20(18(24)11-15)32-16-5-6-16/h4,7,11,13-14,16H,5-6,8-10,12H2,1-3H3,(H,25,30)(H,27,29). The largest absolute Gasteiger partial charge is 0.444 e. The number of aromatic nitrogens is 2. The number of nitrogens with one attached hydrogen (secondary N) is 2. The fourth-order valence-corrected chi connectivity index (χ4v) is 5.01. The van der Waals surface area contributed by atoms with E-state index in [1.54, 1.807) is 24.0 Å². The second-order valence-electron chi connectivity index (χ2n) is 9.39. The Bertz CT molecular complexity index is 1010. The third-order valence-electron chi connectivity index (χ3n) is 5.37. The molecule has 2 amide bonds. The van der Waals surface area contributed by atoms with E-state index in [1.807, 2.05) is 37.6 Å². The van der Waals surface area contributed by atoms with Gasteiger partial charge >= 0.3 is 6.09 Å². The van der Waals surface area contributed by atoms with Crippen molar-refractivity contribution in [2.45, 2.75) is 68.7 Å². The molecule has 1 aromatic heterocycles. The zero-order valence-corrected chi connectivity index (χ0v) is 20.2. The van der Waals surface area contributed by atoms with Gasteiger partial charge in [-0.25, -0.2) is 4.79 Å². The Kier molecular flexibility index (Phi) is 6.72. The molecule has 1 atom stereocenters. The molecule has 32 heavy (non-hydrogen) atoms. The van der Waals surface area contributed by atoms with Gasteiger partial charge in [0, 0.05) is 28.9 Å². The van der Waals surface area contributed by atoms with Crippen molar-refractivity contribution < 1.29 is 14.3 Å². The quantitative estimate of drug-likeness (QED) is 0.603. The van der Waals surface area contributed by atoms with Crippen LogP contribution in [-0.4, -0.2) is 39.2 Å². The van der Waals surface area contributed by atoms with Gasteiger partial charge in [-0.1, -0.05) is 11.6 Å². The van der Waals surface area contributed by atoms with E-state index in [1.165, 1.54) is 12.8 Å². The third kappa shape index (κ3) is 5.98. The lowest BCUT2D eigenvalue weighted by atomic mass is 9.94. The molecule has 2 aliphatic rings. The topological polar surface area (TPSA) is 85.2 Å². The van der Waals surface area contributed by atoms with E-state index in [4.69, 9.17) is 16.3 Å². The molecular weight excluding hydrogens is 448 g/mol. The average molecular weight is 477 g/mol. The molecule has 7 nitrogen and oxygen atoms in total. The predicted octanol–water partition coefficient (Wildman–Crippen LogP) is 5.13. The Balaban J connectivity index is 1.37. The van der Waals surface area contributed by atoms with Crippen LogP contribution in [0.25, 0.3) is 0 Å². The summed E-state index contributed by atoms with van der Waals surface area (Å²) in [5.74, 6) is 0.0112. The number of carbonyl (C=O) groups is 2. The van der Waals surface area contributed by atoms with Crippen LogP contribution in [0, 0.1) is 5.92 Å². The SMILES string of the molecule is CC(C)(C)OC(=O)NCC1CCn2ncc(C(=O)Nc3ccc(SC4CC4)c(Cl)c3)c2C1. The van der Waals surface area contributed by atoms with E-state index in [2.05, 4.69) is 15.7 Å². The maximum Gasteiger partial charge on any atom is 0.407 e. The van der Waals surface area contributed by atoms with E-state index < -0.39 is 11.7 Å². The highest BCUT2D eigenvalue weighted by Gasteiger charge is 2.27. The first kappa shape index (κ1) is 23.0. The minimum atomic E-state index is -0.530. The summed E-state index contributed by atoms with van der Waals surface area (Å²) in [5, 5.41) is 11.5. The number of amides is 2. The van der Waals surface area contributed by atoms with Crippen LogP contribution in [0.3, 0.4) is 0 Å². The lowest BCUT2D eigenvalue weighted by Gasteiger charge is -2.25. The number of alkyl carbamates (subject to hydrolysis) is 1. The Labute approximate surface area is 197 Å². The molecule has 0 spiro atoms. The molecule has 172 valence electrons. The van der Waals surface area contributed by atoms with Gasteiger partial charge in [0.2, 0.25) is 0 Å². The lowest BCUT2D eigenvalue weighted by Crippen LogP contribution is -2.37. The summed E-state index contributed by atoms with van der Waals surface area (Å²) in [5.41, 5.74) is 1.58. The van der Waals surface area contributed by atoms with Gasteiger partial charge in [0.15, 0.2) is 0 Å². The summed E-state index contributed by atoms with van der Waals surface area (Å²) in [6.45, 7) is 6.72. The molecule has 1 unspecified atom stereocenters. The molecule has 4 rings (SSSR count). The van der Waals surface area contributed by atoms with Gasteiger partial charge in [-0.2, -0.15) is 5.10 Å². The van der Waals surface area contributed by atoms with Crippen molar-refractivity contribution in [3.8, 4) is 0 Å². The molecule has 0 radical (unpaired) electrons. The van der Waals surface area contributed by atoms with Crippen LogP contribution >= 0.6 is 23.4 Å². The van der Waals surface area contributed by atoms with Crippen LogP contribution in [0.1, 0.15) is 56.1 Å². The number of ether oxygens (including phenoxy) is 1. The fraction of sp³-hybridized carbons (Fsp3) is 0.522. The number of hydrogen-bond acceptors (Lipinski definition) is 5. The molecule has 2 heterocycles. The number of nitrogens with zero attached hydrogens (tertiary/aromatic N) is 2. The number of carbonyl (C=O) groups excluding carboxylic acids is 2. The number of halogens is 1. The highest BCUT2D eigenvalue weighted by molar-refractivity contribution is 8.00. The molecule has 1 aliphatic heterocycles. The Hall–Kier alpha value is -2.19.